The lowest BCUT2D eigenvalue weighted by molar-refractivity contribution is -0.138. The molecular weight excluding hydrogens is 340 g/mol. The van der Waals surface area contributed by atoms with Gasteiger partial charge < -0.3 is 21.1 Å². The lowest BCUT2D eigenvalue weighted by atomic mass is 10.2. The van der Waals surface area contributed by atoms with Gasteiger partial charge in [-0.05, 0) is 25.0 Å². The highest BCUT2D eigenvalue weighted by Gasteiger charge is 2.33. The number of nitrogens with one attached hydrogen (secondary N) is 2. The Bertz CT molecular complexity index is 994. The van der Waals surface area contributed by atoms with Crippen LogP contribution in [-0.2, 0) is 4.79 Å². The van der Waals surface area contributed by atoms with Gasteiger partial charge in [0.05, 0.1) is 0 Å². The number of carbonyl (C=O) groups excluding carboxylic acids is 1. The molecule has 0 unspecified atom stereocenters. The molecular formula is C15H16N8O3. The van der Waals surface area contributed by atoms with E-state index in [-0.39, 0.29) is 5.69 Å². The lowest BCUT2D eigenvalue weighted by Crippen LogP contribution is -2.37. The molecule has 4 rings (SSSR count). The molecule has 0 aromatic carbocycles. The molecule has 1 saturated heterocycles. The first kappa shape index (κ1) is 15.9. The molecule has 1 aliphatic rings. The summed E-state index contributed by atoms with van der Waals surface area (Å²) in [4.78, 5) is 28.8. The molecule has 0 saturated carbocycles. The standard InChI is InChI=1S/C15H16N8O3/c16-12(24)8-7-11(20-19-8)17-13-9-3-2-6-23(9)21-15(18-13)22-5-1-4-10(22)14(25)26/h2-3,6-7,10H,1,4-5H2,(H2,16,24)(H,25,26)(H2,17,18,19,20,21)/t10-/m0/s1. The summed E-state index contributed by atoms with van der Waals surface area (Å²) in [5.41, 5.74) is 6.06. The number of fused-ring (bicyclic) bond motifs is 1. The van der Waals surface area contributed by atoms with Crippen LogP contribution in [0.4, 0.5) is 17.6 Å². The number of amides is 1. The third-order valence-electron chi connectivity index (χ3n) is 4.26. The number of aliphatic carboxylic acids is 1. The average Bonchev–Trinajstić information content (AvgIpc) is 3.34. The predicted octanol–water partition coefficient (Wildman–Crippen LogP) is 0.348. The molecule has 1 amide bonds. The maximum absolute atomic E-state index is 11.5. The van der Waals surface area contributed by atoms with Crippen LogP contribution in [0.3, 0.4) is 0 Å². The van der Waals surface area contributed by atoms with Crippen LogP contribution in [0.25, 0.3) is 5.52 Å². The van der Waals surface area contributed by atoms with Gasteiger partial charge in [-0.1, -0.05) is 0 Å². The van der Waals surface area contributed by atoms with Crippen molar-refractivity contribution in [3.8, 4) is 0 Å². The van der Waals surface area contributed by atoms with Crippen molar-refractivity contribution in [3.63, 3.8) is 0 Å². The van der Waals surface area contributed by atoms with Crippen molar-refractivity contribution in [2.45, 2.75) is 18.9 Å². The van der Waals surface area contributed by atoms with Gasteiger partial charge in [-0.25, -0.2) is 9.31 Å². The number of carboxylic acid groups (broad SMARTS) is 1. The molecule has 0 aliphatic carbocycles. The van der Waals surface area contributed by atoms with Crippen LogP contribution in [0.2, 0.25) is 0 Å². The molecule has 26 heavy (non-hydrogen) atoms. The number of primary amides is 1. The molecule has 11 heteroatoms. The number of hydrogen-bond donors (Lipinski definition) is 4. The summed E-state index contributed by atoms with van der Waals surface area (Å²) in [6.45, 7) is 0.567. The molecule has 1 aliphatic heterocycles. The highest BCUT2D eigenvalue weighted by atomic mass is 16.4. The summed E-state index contributed by atoms with van der Waals surface area (Å²) in [5.74, 6) is -0.400. The maximum atomic E-state index is 11.5. The van der Waals surface area contributed by atoms with Gasteiger partial charge in [0, 0.05) is 18.8 Å². The molecule has 0 bridgehead atoms. The summed E-state index contributed by atoms with van der Waals surface area (Å²) in [5, 5.41) is 23.3. The number of aromatic amines is 1. The highest BCUT2D eigenvalue weighted by Crippen LogP contribution is 2.26. The van der Waals surface area contributed by atoms with E-state index < -0.39 is 17.9 Å². The minimum Gasteiger partial charge on any atom is -0.480 e. The van der Waals surface area contributed by atoms with Crippen molar-refractivity contribution in [2.75, 3.05) is 16.8 Å². The van der Waals surface area contributed by atoms with Crippen molar-refractivity contribution >= 4 is 35.0 Å². The molecule has 1 fully saturated rings. The van der Waals surface area contributed by atoms with Crippen molar-refractivity contribution in [3.05, 3.63) is 30.1 Å². The Kier molecular flexibility index (Phi) is 3.68. The molecule has 134 valence electrons. The zero-order chi connectivity index (χ0) is 18.3. The van der Waals surface area contributed by atoms with Gasteiger partial charge in [0.1, 0.15) is 17.3 Å². The minimum absolute atomic E-state index is 0.165. The topological polar surface area (TPSA) is 155 Å². The fourth-order valence-electron chi connectivity index (χ4n) is 3.03. The Morgan fingerprint density at radius 1 is 1.42 bits per heavy atom. The number of nitrogens with zero attached hydrogens (tertiary/aromatic N) is 5. The van der Waals surface area contributed by atoms with E-state index in [0.717, 1.165) is 6.42 Å². The van der Waals surface area contributed by atoms with Crippen molar-refractivity contribution in [1.82, 2.24) is 24.8 Å². The zero-order valence-electron chi connectivity index (χ0n) is 13.6. The third-order valence-corrected chi connectivity index (χ3v) is 4.26. The van der Waals surface area contributed by atoms with Crippen LogP contribution >= 0.6 is 0 Å². The van der Waals surface area contributed by atoms with Crippen LogP contribution < -0.4 is 16.0 Å². The molecule has 3 aromatic heterocycles. The van der Waals surface area contributed by atoms with Crippen LogP contribution in [0.5, 0.6) is 0 Å². The molecule has 0 radical (unpaired) electrons. The number of H-pyrrole nitrogens is 1. The number of carbonyl (C=O) groups is 2. The average molecular weight is 356 g/mol. The molecule has 0 spiro atoms. The van der Waals surface area contributed by atoms with E-state index in [4.69, 9.17) is 5.73 Å². The molecule has 5 N–H and O–H groups in total. The highest BCUT2D eigenvalue weighted by molar-refractivity contribution is 5.91. The van der Waals surface area contributed by atoms with E-state index in [1.807, 2.05) is 6.07 Å². The first-order valence-electron chi connectivity index (χ1n) is 8.00. The van der Waals surface area contributed by atoms with E-state index in [1.165, 1.54) is 6.07 Å². The van der Waals surface area contributed by atoms with Crippen LogP contribution in [-0.4, -0.2) is 54.4 Å². The summed E-state index contributed by atoms with van der Waals surface area (Å²) in [6.07, 6.45) is 3.05. The van der Waals surface area contributed by atoms with Gasteiger partial charge in [0.15, 0.2) is 11.6 Å². The van der Waals surface area contributed by atoms with Gasteiger partial charge in [-0.2, -0.15) is 10.1 Å². The van der Waals surface area contributed by atoms with Crippen molar-refractivity contribution in [2.24, 2.45) is 5.73 Å². The molecule has 1 atom stereocenters. The monoisotopic (exact) mass is 356 g/mol. The summed E-state index contributed by atoms with van der Waals surface area (Å²) < 4.78 is 1.61. The van der Waals surface area contributed by atoms with Crippen molar-refractivity contribution < 1.29 is 14.7 Å². The molecule has 4 heterocycles. The first-order chi connectivity index (χ1) is 12.5. The SMILES string of the molecule is NC(=O)c1cc(Nc2nc(N3CCC[C@H]3C(=O)O)nn3cccc23)n[nH]1. The molecule has 11 nitrogen and oxygen atoms in total. The quantitative estimate of drug-likeness (QED) is 0.510. The Hall–Kier alpha value is -3.63. The summed E-state index contributed by atoms with van der Waals surface area (Å²) in [7, 11) is 0. The number of rotatable bonds is 5. The van der Waals surface area contributed by atoms with Crippen LogP contribution in [0.1, 0.15) is 23.3 Å². The van der Waals surface area contributed by atoms with E-state index in [9.17, 15) is 14.7 Å². The van der Waals surface area contributed by atoms with Gasteiger partial charge in [-0.15, -0.1) is 5.10 Å². The Balaban J connectivity index is 1.72. The van der Waals surface area contributed by atoms with Crippen LogP contribution in [0, 0.1) is 0 Å². The largest absolute Gasteiger partial charge is 0.480 e. The van der Waals surface area contributed by atoms with E-state index in [0.29, 0.717) is 36.1 Å². The summed E-state index contributed by atoms with van der Waals surface area (Å²) in [6, 6.07) is 4.44. The molecule has 3 aromatic rings. The zero-order valence-corrected chi connectivity index (χ0v) is 13.6. The normalized spacial score (nSPS) is 16.9. The number of nitrogens with two attached hydrogens (primary N) is 1. The first-order valence-corrected chi connectivity index (χ1v) is 8.00. The third kappa shape index (κ3) is 2.68. The number of anilines is 3. The Labute approximate surface area is 146 Å². The second kappa shape index (κ2) is 6.02. The Morgan fingerprint density at radius 2 is 2.27 bits per heavy atom. The second-order valence-corrected chi connectivity index (χ2v) is 5.94. The van der Waals surface area contributed by atoms with E-state index >= 15 is 0 Å². The fourth-order valence-corrected chi connectivity index (χ4v) is 3.03. The number of aromatic nitrogens is 5. The maximum Gasteiger partial charge on any atom is 0.326 e. The Morgan fingerprint density at radius 3 is 3.00 bits per heavy atom. The number of hydrogen-bond acceptors (Lipinski definition) is 7. The van der Waals surface area contributed by atoms with Gasteiger partial charge >= 0.3 is 5.97 Å². The second-order valence-electron chi connectivity index (χ2n) is 5.94. The predicted molar refractivity (Wildman–Crippen MR) is 91.4 cm³/mol. The van der Waals surface area contributed by atoms with E-state index in [1.54, 1.807) is 21.7 Å². The van der Waals surface area contributed by atoms with Gasteiger partial charge in [-0.3, -0.25) is 9.89 Å². The van der Waals surface area contributed by atoms with Crippen LogP contribution in [0.15, 0.2) is 24.4 Å². The smallest absolute Gasteiger partial charge is 0.326 e. The van der Waals surface area contributed by atoms with Crippen molar-refractivity contribution in [1.29, 1.82) is 0 Å². The lowest BCUT2D eigenvalue weighted by Gasteiger charge is -2.21. The fraction of sp³-hybridized carbons (Fsp3) is 0.267. The van der Waals surface area contributed by atoms with Gasteiger partial charge in [0.2, 0.25) is 5.95 Å². The number of carboxylic acids is 1. The minimum atomic E-state index is -0.897. The van der Waals surface area contributed by atoms with E-state index in [2.05, 4.69) is 25.6 Å². The summed E-state index contributed by atoms with van der Waals surface area (Å²) >= 11 is 0. The van der Waals surface area contributed by atoms with Gasteiger partial charge in [0.25, 0.3) is 5.91 Å².